The van der Waals surface area contributed by atoms with Gasteiger partial charge in [-0.25, -0.2) is 0 Å². The Balaban J connectivity index is 2.30. The highest BCUT2D eigenvalue weighted by Crippen LogP contribution is 2.23. The van der Waals surface area contributed by atoms with E-state index in [9.17, 15) is 0 Å². The predicted octanol–water partition coefficient (Wildman–Crippen LogP) is 3.05. The lowest BCUT2D eigenvalue weighted by molar-refractivity contribution is 0.407. The number of aromatic nitrogens is 2. The molecule has 0 unspecified atom stereocenters. The first-order valence-electron chi connectivity index (χ1n) is 7.12. The normalized spacial score (nSPS) is 10.9. The van der Waals surface area contributed by atoms with Crippen LogP contribution in [0.5, 0.6) is 5.75 Å². The fourth-order valence-corrected chi connectivity index (χ4v) is 2.79. The van der Waals surface area contributed by atoms with Crippen LogP contribution in [0.4, 0.5) is 0 Å². The second-order valence-corrected chi connectivity index (χ2v) is 6.26. The lowest BCUT2D eigenvalue weighted by atomic mass is 10.1. The first-order chi connectivity index (χ1) is 10.1. The third kappa shape index (κ3) is 3.77. The first-order valence-corrected chi connectivity index (χ1v) is 8.20. The Morgan fingerprint density at radius 1 is 1.33 bits per heavy atom. The smallest absolute Gasteiger partial charge is 0.123 e. The topological polar surface area (TPSA) is 53.1 Å². The van der Waals surface area contributed by atoms with Crippen LogP contribution in [0, 0.1) is 17.4 Å². The third-order valence-corrected chi connectivity index (χ3v) is 5.19. The molecule has 1 heterocycles. The second kappa shape index (κ2) is 7.26. The number of benzene rings is 1. The van der Waals surface area contributed by atoms with E-state index in [1.54, 1.807) is 7.11 Å². The molecule has 0 saturated carbocycles. The molecule has 0 amide bonds. The Morgan fingerprint density at radius 3 is 2.67 bits per heavy atom. The van der Waals surface area contributed by atoms with E-state index in [0.29, 0.717) is 0 Å². The second-order valence-electron chi connectivity index (χ2n) is 5.18. The minimum Gasteiger partial charge on any atom is -0.496 e. The average molecular weight is 399 g/mol. The van der Waals surface area contributed by atoms with E-state index < -0.39 is 0 Å². The molecule has 5 heteroatoms. The molecule has 0 fully saturated rings. The fourth-order valence-electron chi connectivity index (χ4n) is 2.41. The van der Waals surface area contributed by atoms with Crippen molar-refractivity contribution in [2.45, 2.75) is 33.2 Å². The number of hydrogen-bond donors (Lipinski definition) is 1. The van der Waals surface area contributed by atoms with Crippen molar-refractivity contribution in [1.29, 1.82) is 0 Å². The zero-order valence-corrected chi connectivity index (χ0v) is 15.0. The van der Waals surface area contributed by atoms with Crippen LogP contribution in [0.15, 0.2) is 18.2 Å². The molecule has 0 spiro atoms. The average Bonchev–Trinajstić information content (AvgIpc) is 2.72. The van der Waals surface area contributed by atoms with Crippen LogP contribution < -0.4 is 10.5 Å². The van der Waals surface area contributed by atoms with Crippen molar-refractivity contribution in [1.82, 2.24) is 9.78 Å². The van der Waals surface area contributed by atoms with Crippen molar-refractivity contribution in [3.05, 3.63) is 44.3 Å². The van der Waals surface area contributed by atoms with Gasteiger partial charge in [0.15, 0.2) is 0 Å². The number of hydrogen-bond acceptors (Lipinski definition) is 3. The van der Waals surface area contributed by atoms with Gasteiger partial charge in [-0.05, 0) is 67.5 Å². The van der Waals surface area contributed by atoms with Crippen LogP contribution >= 0.6 is 22.6 Å². The van der Waals surface area contributed by atoms with E-state index in [0.717, 1.165) is 42.9 Å². The Hall–Kier alpha value is -1.08. The molecule has 2 aromatic rings. The van der Waals surface area contributed by atoms with Crippen molar-refractivity contribution < 1.29 is 4.74 Å². The molecule has 0 aliphatic heterocycles. The minimum absolute atomic E-state index is 0.719. The van der Waals surface area contributed by atoms with Gasteiger partial charge in [0.25, 0.3) is 0 Å². The standard InChI is InChI=1S/C16H22IN3O/c1-11-16(17)12(2)20(19-11)10-14-9-13(5-4-8-18)6-7-15(14)21-3/h6-7,9H,4-5,8,10,18H2,1-3H3. The van der Waals surface area contributed by atoms with Crippen LogP contribution in [0.3, 0.4) is 0 Å². The van der Waals surface area contributed by atoms with E-state index in [1.807, 2.05) is 17.7 Å². The van der Waals surface area contributed by atoms with Gasteiger partial charge in [0.1, 0.15) is 5.75 Å². The summed E-state index contributed by atoms with van der Waals surface area (Å²) in [6.07, 6.45) is 2.01. The number of nitrogens with two attached hydrogens (primary N) is 1. The third-order valence-electron chi connectivity index (χ3n) is 3.63. The molecule has 1 aromatic carbocycles. The molecule has 1 aromatic heterocycles. The van der Waals surface area contributed by atoms with E-state index >= 15 is 0 Å². The molecule has 2 N–H and O–H groups in total. The summed E-state index contributed by atoms with van der Waals surface area (Å²) in [5.74, 6) is 0.911. The van der Waals surface area contributed by atoms with E-state index in [-0.39, 0.29) is 0 Å². The summed E-state index contributed by atoms with van der Waals surface area (Å²) in [7, 11) is 1.71. The van der Waals surface area contributed by atoms with Crippen LogP contribution in [0.2, 0.25) is 0 Å². The zero-order chi connectivity index (χ0) is 15.4. The van der Waals surface area contributed by atoms with E-state index in [4.69, 9.17) is 10.5 Å². The Kier molecular flexibility index (Phi) is 5.64. The predicted molar refractivity (Wildman–Crippen MR) is 93.9 cm³/mol. The maximum absolute atomic E-state index is 5.59. The summed E-state index contributed by atoms with van der Waals surface area (Å²) in [4.78, 5) is 0. The Labute approximate surface area is 139 Å². The molecule has 2 rings (SSSR count). The van der Waals surface area contributed by atoms with E-state index in [2.05, 4.69) is 46.7 Å². The number of ether oxygens (including phenoxy) is 1. The maximum Gasteiger partial charge on any atom is 0.123 e. The Bertz CT molecular complexity index is 622. The van der Waals surface area contributed by atoms with Crippen molar-refractivity contribution in [2.24, 2.45) is 5.73 Å². The molecule has 0 radical (unpaired) electrons. The van der Waals surface area contributed by atoms with Crippen molar-refractivity contribution in [3.63, 3.8) is 0 Å². The number of nitrogens with zero attached hydrogens (tertiary/aromatic N) is 2. The monoisotopic (exact) mass is 399 g/mol. The molecule has 114 valence electrons. The highest BCUT2D eigenvalue weighted by Gasteiger charge is 2.12. The lowest BCUT2D eigenvalue weighted by Gasteiger charge is -2.12. The fraction of sp³-hybridized carbons (Fsp3) is 0.438. The molecule has 4 nitrogen and oxygen atoms in total. The summed E-state index contributed by atoms with van der Waals surface area (Å²) < 4.78 is 8.76. The van der Waals surface area contributed by atoms with Gasteiger partial charge < -0.3 is 10.5 Å². The summed E-state index contributed by atoms with van der Waals surface area (Å²) in [6, 6.07) is 6.36. The Morgan fingerprint density at radius 2 is 2.10 bits per heavy atom. The summed E-state index contributed by atoms with van der Waals surface area (Å²) >= 11 is 2.35. The van der Waals surface area contributed by atoms with Crippen molar-refractivity contribution in [2.75, 3.05) is 13.7 Å². The molecule has 0 aliphatic rings. The molecule has 0 aliphatic carbocycles. The zero-order valence-electron chi connectivity index (χ0n) is 12.8. The van der Waals surface area contributed by atoms with Crippen LogP contribution in [0.1, 0.15) is 28.9 Å². The first kappa shape index (κ1) is 16.3. The summed E-state index contributed by atoms with van der Waals surface area (Å²) in [5.41, 5.74) is 10.3. The lowest BCUT2D eigenvalue weighted by Crippen LogP contribution is -2.07. The molecule has 21 heavy (non-hydrogen) atoms. The van der Waals surface area contributed by atoms with Gasteiger partial charge in [-0.15, -0.1) is 0 Å². The van der Waals surface area contributed by atoms with Gasteiger partial charge in [-0.2, -0.15) is 5.10 Å². The van der Waals surface area contributed by atoms with Crippen LogP contribution in [0.25, 0.3) is 0 Å². The van der Waals surface area contributed by atoms with Gasteiger partial charge in [0.2, 0.25) is 0 Å². The van der Waals surface area contributed by atoms with Crippen molar-refractivity contribution in [3.8, 4) is 5.75 Å². The van der Waals surface area contributed by atoms with Crippen molar-refractivity contribution >= 4 is 22.6 Å². The SMILES string of the molecule is COc1ccc(CCCN)cc1Cn1nc(C)c(I)c1C. The van der Waals surface area contributed by atoms with E-state index in [1.165, 1.54) is 14.8 Å². The summed E-state index contributed by atoms with van der Waals surface area (Å²) in [5, 5.41) is 4.61. The minimum atomic E-state index is 0.719. The molecule has 0 bridgehead atoms. The number of aryl methyl sites for hydroxylation is 2. The van der Waals surface area contributed by atoms with Crippen LogP contribution in [-0.4, -0.2) is 23.4 Å². The maximum atomic E-state index is 5.59. The molecular formula is C16H22IN3O. The number of halogens is 1. The van der Waals surface area contributed by atoms with Gasteiger partial charge >= 0.3 is 0 Å². The quantitative estimate of drug-likeness (QED) is 0.760. The van der Waals surface area contributed by atoms with Gasteiger partial charge in [-0.1, -0.05) is 12.1 Å². The van der Waals surface area contributed by atoms with Gasteiger partial charge in [0.05, 0.1) is 22.9 Å². The number of rotatable bonds is 6. The molecule has 0 atom stereocenters. The van der Waals surface area contributed by atoms with Gasteiger partial charge in [0, 0.05) is 11.3 Å². The summed E-state index contributed by atoms with van der Waals surface area (Å²) in [6.45, 7) is 5.60. The molecular weight excluding hydrogens is 377 g/mol. The number of methoxy groups -OCH3 is 1. The highest BCUT2D eigenvalue weighted by molar-refractivity contribution is 14.1. The largest absolute Gasteiger partial charge is 0.496 e. The highest BCUT2D eigenvalue weighted by atomic mass is 127. The molecule has 0 saturated heterocycles. The van der Waals surface area contributed by atoms with Gasteiger partial charge in [-0.3, -0.25) is 4.68 Å². The van der Waals surface area contributed by atoms with Crippen LogP contribution in [-0.2, 0) is 13.0 Å².